The molecule has 1 atom stereocenters. The summed E-state index contributed by atoms with van der Waals surface area (Å²) in [4.78, 5) is 14.8. The van der Waals surface area contributed by atoms with Crippen molar-refractivity contribution in [3.63, 3.8) is 0 Å². The van der Waals surface area contributed by atoms with Gasteiger partial charge in [0.1, 0.15) is 5.75 Å². The van der Waals surface area contributed by atoms with Crippen LogP contribution in [0.15, 0.2) is 52.3 Å². The van der Waals surface area contributed by atoms with Crippen molar-refractivity contribution in [3.8, 4) is 5.75 Å². The number of rotatable bonds is 5. The van der Waals surface area contributed by atoms with E-state index in [1.54, 1.807) is 59.1 Å². The summed E-state index contributed by atoms with van der Waals surface area (Å²) >= 11 is 1.65. The minimum Gasteiger partial charge on any atom is -0.494 e. The fourth-order valence-electron chi connectivity index (χ4n) is 3.09. The molecule has 2 aromatic rings. The van der Waals surface area contributed by atoms with Gasteiger partial charge in [-0.3, -0.25) is 9.10 Å². The standard InChI is InChI=1S/C20H24N2O4S2/c1-5-26-17-8-6-16(7-9-17)21(4)28(24,25)18-10-11-20-19(12-18)22(15(3)23)13-14(2)27-20/h6-12,14H,5,13H2,1-4H3/t14-/m1/s1. The van der Waals surface area contributed by atoms with Crippen molar-refractivity contribution in [1.29, 1.82) is 0 Å². The molecule has 28 heavy (non-hydrogen) atoms. The van der Waals surface area contributed by atoms with Crippen molar-refractivity contribution in [2.45, 2.75) is 35.8 Å². The third-order valence-electron chi connectivity index (χ3n) is 4.54. The Morgan fingerprint density at radius 1 is 1.25 bits per heavy atom. The molecule has 0 radical (unpaired) electrons. The lowest BCUT2D eigenvalue weighted by Crippen LogP contribution is -2.37. The second-order valence-corrected chi connectivity index (χ2v) is 10.0. The van der Waals surface area contributed by atoms with E-state index in [-0.39, 0.29) is 16.1 Å². The highest BCUT2D eigenvalue weighted by molar-refractivity contribution is 8.00. The number of carbonyl (C=O) groups excluding carboxylic acids is 1. The molecule has 1 aliphatic rings. The Morgan fingerprint density at radius 3 is 2.54 bits per heavy atom. The molecule has 0 spiro atoms. The molecule has 1 heterocycles. The summed E-state index contributed by atoms with van der Waals surface area (Å²) in [7, 11) is -2.25. The first-order valence-electron chi connectivity index (χ1n) is 9.04. The number of fused-ring (bicyclic) bond motifs is 1. The van der Waals surface area contributed by atoms with Crippen molar-refractivity contribution in [3.05, 3.63) is 42.5 Å². The molecule has 8 heteroatoms. The first kappa shape index (κ1) is 20.5. The molecule has 150 valence electrons. The number of sulfonamides is 1. The maximum absolute atomic E-state index is 13.2. The van der Waals surface area contributed by atoms with Crippen LogP contribution in [0.4, 0.5) is 11.4 Å². The van der Waals surface area contributed by atoms with Crippen molar-refractivity contribution in [1.82, 2.24) is 0 Å². The van der Waals surface area contributed by atoms with E-state index in [4.69, 9.17) is 4.74 Å². The molecule has 0 aromatic heterocycles. The van der Waals surface area contributed by atoms with Gasteiger partial charge in [-0.15, -0.1) is 11.8 Å². The molecule has 0 saturated heterocycles. The van der Waals surface area contributed by atoms with Crippen LogP contribution in [0.3, 0.4) is 0 Å². The van der Waals surface area contributed by atoms with Crippen LogP contribution in [0.2, 0.25) is 0 Å². The molecule has 6 nitrogen and oxygen atoms in total. The molecule has 0 bridgehead atoms. The minimum absolute atomic E-state index is 0.0946. The summed E-state index contributed by atoms with van der Waals surface area (Å²) in [6, 6.07) is 11.9. The highest BCUT2D eigenvalue weighted by atomic mass is 32.2. The van der Waals surface area contributed by atoms with Crippen LogP contribution in [0, 0.1) is 0 Å². The van der Waals surface area contributed by atoms with E-state index in [0.717, 1.165) is 4.90 Å². The first-order chi connectivity index (χ1) is 13.2. The Bertz CT molecular complexity index is 974. The van der Waals surface area contributed by atoms with Gasteiger partial charge >= 0.3 is 0 Å². The minimum atomic E-state index is -3.77. The first-order valence-corrected chi connectivity index (χ1v) is 11.4. The molecule has 0 aliphatic carbocycles. The van der Waals surface area contributed by atoms with Gasteiger partial charge in [-0.1, -0.05) is 6.92 Å². The zero-order valence-electron chi connectivity index (χ0n) is 16.4. The van der Waals surface area contributed by atoms with E-state index >= 15 is 0 Å². The molecule has 1 aliphatic heterocycles. The zero-order valence-corrected chi connectivity index (χ0v) is 18.0. The van der Waals surface area contributed by atoms with Crippen LogP contribution in [0.5, 0.6) is 5.75 Å². The number of anilines is 2. The number of amides is 1. The van der Waals surface area contributed by atoms with Crippen LogP contribution in [-0.2, 0) is 14.8 Å². The second kappa shape index (κ2) is 8.05. The van der Waals surface area contributed by atoms with Crippen molar-refractivity contribution in [2.24, 2.45) is 0 Å². The van der Waals surface area contributed by atoms with Gasteiger partial charge in [0.05, 0.1) is 22.9 Å². The normalized spacial score (nSPS) is 16.4. The summed E-state index contributed by atoms with van der Waals surface area (Å²) < 4.78 is 33.0. The fraction of sp³-hybridized carbons (Fsp3) is 0.350. The van der Waals surface area contributed by atoms with E-state index in [9.17, 15) is 13.2 Å². The predicted octanol–water partition coefficient (Wildman–Crippen LogP) is 3.76. The summed E-state index contributed by atoms with van der Waals surface area (Å²) in [5.74, 6) is 0.594. The number of carbonyl (C=O) groups is 1. The second-order valence-electron chi connectivity index (χ2n) is 6.59. The Kier molecular flexibility index (Phi) is 5.90. The van der Waals surface area contributed by atoms with Gasteiger partial charge in [0.15, 0.2) is 0 Å². The number of ether oxygens (including phenoxy) is 1. The lowest BCUT2D eigenvalue weighted by atomic mass is 10.2. The van der Waals surface area contributed by atoms with Crippen LogP contribution < -0.4 is 13.9 Å². The van der Waals surface area contributed by atoms with Crippen LogP contribution in [-0.4, -0.2) is 39.8 Å². The molecule has 2 aromatic carbocycles. The summed E-state index contributed by atoms with van der Waals surface area (Å²) in [6.07, 6.45) is 0. The summed E-state index contributed by atoms with van der Waals surface area (Å²) in [5.41, 5.74) is 1.18. The number of benzene rings is 2. The topological polar surface area (TPSA) is 66.9 Å². The molecule has 3 rings (SSSR count). The molecule has 0 saturated carbocycles. The van der Waals surface area contributed by atoms with Gasteiger partial charge in [0, 0.05) is 30.7 Å². The molecular weight excluding hydrogens is 396 g/mol. The molecule has 0 unspecified atom stereocenters. The summed E-state index contributed by atoms with van der Waals surface area (Å²) in [5, 5.41) is 0.255. The van der Waals surface area contributed by atoms with Gasteiger partial charge in [0.2, 0.25) is 5.91 Å². The zero-order chi connectivity index (χ0) is 20.5. The van der Waals surface area contributed by atoms with Crippen molar-refractivity contribution in [2.75, 3.05) is 29.4 Å². The SMILES string of the molecule is CCOc1ccc(N(C)S(=O)(=O)c2ccc3c(c2)N(C(C)=O)C[C@@H](C)S3)cc1. The average Bonchev–Trinajstić information content (AvgIpc) is 2.67. The van der Waals surface area contributed by atoms with E-state index in [1.807, 2.05) is 13.8 Å². The monoisotopic (exact) mass is 420 g/mol. The van der Waals surface area contributed by atoms with E-state index in [0.29, 0.717) is 30.3 Å². The molecule has 0 N–H and O–H groups in total. The quantitative estimate of drug-likeness (QED) is 0.737. The predicted molar refractivity (Wildman–Crippen MR) is 113 cm³/mol. The van der Waals surface area contributed by atoms with Crippen LogP contribution in [0.1, 0.15) is 20.8 Å². The third kappa shape index (κ3) is 3.98. The largest absolute Gasteiger partial charge is 0.494 e. The summed E-state index contributed by atoms with van der Waals surface area (Å²) in [6.45, 7) is 6.55. The smallest absolute Gasteiger partial charge is 0.264 e. The molecule has 1 amide bonds. The highest BCUT2D eigenvalue weighted by Gasteiger charge is 2.28. The third-order valence-corrected chi connectivity index (χ3v) is 7.47. The molecule has 0 fully saturated rings. The van der Waals surface area contributed by atoms with Crippen LogP contribution >= 0.6 is 11.8 Å². The Balaban J connectivity index is 1.95. The Hall–Kier alpha value is -2.19. The van der Waals surface area contributed by atoms with Gasteiger partial charge in [-0.2, -0.15) is 0 Å². The number of hydrogen-bond donors (Lipinski definition) is 0. The van der Waals surface area contributed by atoms with Gasteiger partial charge in [0.25, 0.3) is 10.0 Å². The van der Waals surface area contributed by atoms with Gasteiger partial charge in [-0.05, 0) is 49.4 Å². The Morgan fingerprint density at radius 2 is 1.93 bits per heavy atom. The van der Waals surface area contributed by atoms with E-state index in [1.165, 1.54) is 18.3 Å². The maximum Gasteiger partial charge on any atom is 0.264 e. The van der Waals surface area contributed by atoms with Crippen molar-refractivity contribution < 1.29 is 17.9 Å². The van der Waals surface area contributed by atoms with E-state index < -0.39 is 10.0 Å². The number of thioether (sulfide) groups is 1. The van der Waals surface area contributed by atoms with Gasteiger partial charge in [-0.25, -0.2) is 8.42 Å². The molecular formula is C20H24N2O4S2. The lowest BCUT2D eigenvalue weighted by molar-refractivity contribution is -0.116. The van der Waals surface area contributed by atoms with Gasteiger partial charge < -0.3 is 9.64 Å². The van der Waals surface area contributed by atoms with E-state index in [2.05, 4.69) is 0 Å². The number of nitrogens with zero attached hydrogens (tertiary/aromatic N) is 2. The fourth-order valence-corrected chi connectivity index (χ4v) is 5.40. The maximum atomic E-state index is 13.2. The Labute approximate surface area is 170 Å². The lowest BCUT2D eigenvalue weighted by Gasteiger charge is -2.32. The van der Waals surface area contributed by atoms with Crippen molar-refractivity contribution >= 4 is 39.1 Å². The highest BCUT2D eigenvalue weighted by Crippen LogP contribution is 2.40. The number of hydrogen-bond acceptors (Lipinski definition) is 5. The average molecular weight is 421 g/mol. The van der Waals surface area contributed by atoms with Crippen LogP contribution in [0.25, 0.3) is 0 Å².